The molecular formula is C26H30N2O5. The third-order valence-electron chi connectivity index (χ3n) is 6.98. The summed E-state index contributed by atoms with van der Waals surface area (Å²) in [5, 5.41) is 14.8. The summed E-state index contributed by atoms with van der Waals surface area (Å²) in [7, 11) is 0. The van der Waals surface area contributed by atoms with E-state index in [1.165, 1.54) is 11.1 Å². The van der Waals surface area contributed by atoms with Crippen molar-refractivity contribution in [2.24, 2.45) is 11.8 Å². The summed E-state index contributed by atoms with van der Waals surface area (Å²) in [4.78, 5) is 36.1. The van der Waals surface area contributed by atoms with Crippen molar-refractivity contribution in [3.63, 3.8) is 0 Å². The first-order chi connectivity index (χ1) is 15.8. The molecule has 1 saturated carbocycles. The van der Waals surface area contributed by atoms with Crippen molar-refractivity contribution in [3.05, 3.63) is 59.7 Å². The molecule has 4 atom stereocenters. The van der Waals surface area contributed by atoms with Crippen LogP contribution in [-0.4, -0.2) is 41.8 Å². The number of aliphatic carboxylic acids is 1. The lowest BCUT2D eigenvalue weighted by Crippen LogP contribution is -2.43. The zero-order valence-electron chi connectivity index (χ0n) is 18.9. The number of alkyl carbamates (subject to hydrolysis) is 1. The molecule has 2 aromatic rings. The van der Waals surface area contributed by atoms with Gasteiger partial charge < -0.3 is 20.5 Å². The van der Waals surface area contributed by atoms with Crippen molar-refractivity contribution >= 4 is 18.0 Å². The molecule has 33 heavy (non-hydrogen) atoms. The highest BCUT2D eigenvalue weighted by Gasteiger charge is 2.33. The normalized spacial score (nSPS) is 20.9. The van der Waals surface area contributed by atoms with E-state index in [0.717, 1.165) is 11.1 Å². The van der Waals surface area contributed by atoms with E-state index in [0.29, 0.717) is 19.3 Å². The van der Waals surface area contributed by atoms with E-state index < -0.39 is 24.0 Å². The molecule has 7 heteroatoms. The number of amides is 2. The van der Waals surface area contributed by atoms with Gasteiger partial charge in [-0.25, -0.2) is 4.79 Å². The number of rotatable bonds is 7. The molecule has 7 nitrogen and oxygen atoms in total. The maximum atomic E-state index is 12.5. The molecule has 0 saturated heterocycles. The molecule has 0 heterocycles. The lowest BCUT2D eigenvalue weighted by Gasteiger charge is -2.20. The van der Waals surface area contributed by atoms with Crippen LogP contribution in [0.4, 0.5) is 4.79 Å². The fourth-order valence-electron chi connectivity index (χ4n) is 4.84. The van der Waals surface area contributed by atoms with Gasteiger partial charge in [0, 0.05) is 23.9 Å². The molecule has 2 aliphatic carbocycles. The molecule has 0 aromatic heterocycles. The monoisotopic (exact) mass is 450 g/mol. The highest BCUT2D eigenvalue weighted by molar-refractivity contribution is 5.81. The molecule has 0 radical (unpaired) electrons. The number of fused-ring (bicyclic) bond motifs is 3. The van der Waals surface area contributed by atoms with Crippen molar-refractivity contribution in [1.82, 2.24) is 10.6 Å². The number of benzene rings is 2. The molecule has 2 aromatic carbocycles. The van der Waals surface area contributed by atoms with E-state index >= 15 is 0 Å². The van der Waals surface area contributed by atoms with Crippen molar-refractivity contribution < 1.29 is 24.2 Å². The first-order valence-electron chi connectivity index (χ1n) is 11.5. The predicted octanol–water partition coefficient (Wildman–Crippen LogP) is 3.92. The van der Waals surface area contributed by atoms with Gasteiger partial charge in [-0.05, 0) is 55.4 Å². The van der Waals surface area contributed by atoms with Gasteiger partial charge in [-0.1, -0.05) is 48.5 Å². The summed E-state index contributed by atoms with van der Waals surface area (Å²) in [6.45, 7) is 3.52. The van der Waals surface area contributed by atoms with Gasteiger partial charge in [0.25, 0.3) is 0 Å². The molecule has 1 fully saturated rings. The number of ether oxygens (including phenoxy) is 1. The molecule has 3 N–H and O–H groups in total. The lowest BCUT2D eigenvalue weighted by molar-refractivity contribution is -0.142. The average molecular weight is 451 g/mol. The second-order valence-electron chi connectivity index (χ2n) is 9.10. The van der Waals surface area contributed by atoms with Crippen LogP contribution in [-0.2, 0) is 14.3 Å². The maximum absolute atomic E-state index is 12.5. The molecule has 2 aliphatic rings. The Hall–Kier alpha value is -3.35. The standard InChI is InChI=1S/C26H30N2O5/c1-15(25(30)31)16(2)27-24(29)17-11-12-18(13-17)28-26(32)33-14-23-21-9-5-3-7-19(21)20-8-4-6-10-22(20)23/h3-10,15-18,23H,11-14H2,1-2H3,(H,27,29)(H,28,32)(H,30,31)/t15?,16?,17-,18+/m1/s1. The van der Waals surface area contributed by atoms with Gasteiger partial charge in [0.2, 0.25) is 5.91 Å². The number of carbonyl (C=O) groups excluding carboxylic acids is 2. The summed E-state index contributed by atoms with van der Waals surface area (Å²) in [6, 6.07) is 15.8. The SMILES string of the molecule is CC(NC(=O)[C@@H]1CC[C@H](NC(=O)OCC2c3ccccc3-c3ccccc32)C1)C(C)C(=O)O. The Bertz CT molecular complexity index is 1010. The van der Waals surface area contributed by atoms with Crippen LogP contribution in [0.15, 0.2) is 48.5 Å². The van der Waals surface area contributed by atoms with Gasteiger partial charge >= 0.3 is 12.1 Å². The van der Waals surface area contributed by atoms with Crippen LogP contribution in [0.3, 0.4) is 0 Å². The summed E-state index contributed by atoms with van der Waals surface area (Å²) < 4.78 is 5.60. The van der Waals surface area contributed by atoms with Crippen LogP contribution in [0.2, 0.25) is 0 Å². The number of hydrogen-bond acceptors (Lipinski definition) is 4. The molecule has 4 rings (SSSR count). The zero-order valence-corrected chi connectivity index (χ0v) is 18.9. The number of nitrogens with one attached hydrogen (secondary N) is 2. The number of carboxylic acids is 1. The van der Waals surface area contributed by atoms with Crippen LogP contribution in [0, 0.1) is 11.8 Å². The smallest absolute Gasteiger partial charge is 0.407 e. The Morgan fingerprint density at radius 2 is 1.61 bits per heavy atom. The summed E-state index contributed by atoms with van der Waals surface area (Å²) >= 11 is 0. The Morgan fingerprint density at radius 3 is 2.21 bits per heavy atom. The van der Waals surface area contributed by atoms with Gasteiger partial charge in [0.05, 0.1) is 5.92 Å². The number of carboxylic acid groups (broad SMARTS) is 1. The largest absolute Gasteiger partial charge is 0.481 e. The van der Waals surface area contributed by atoms with Crippen LogP contribution in [0.1, 0.15) is 50.2 Å². The van der Waals surface area contributed by atoms with Gasteiger partial charge in [-0.2, -0.15) is 0 Å². The number of carbonyl (C=O) groups is 3. The second-order valence-corrected chi connectivity index (χ2v) is 9.10. The molecule has 2 unspecified atom stereocenters. The van der Waals surface area contributed by atoms with E-state index in [4.69, 9.17) is 9.84 Å². The molecule has 2 amide bonds. The lowest BCUT2D eigenvalue weighted by atomic mass is 9.98. The Balaban J connectivity index is 1.28. The zero-order chi connectivity index (χ0) is 23.5. The fourth-order valence-corrected chi connectivity index (χ4v) is 4.84. The van der Waals surface area contributed by atoms with Crippen molar-refractivity contribution in [1.29, 1.82) is 0 Å². The van der Waals surface area contributed by atoms with Crippen LogP contribution >= 0.6 is 0 Å². The van der Waals surface area contributed by atoms with E-state index in [1.807, 2.05) is 24.3 Å². The van der Waals surface area contributed by atoms with E-state index in [9.17, 15) is 14.4 Å². The second kappa shape index (κ2) is 9.65. The van der Waals surface area contributed by atoms with Crippen LogP contribution in [0.5, 0.6) is 0 Å². The van der Waals surface area contributed by atoms with Crippen molar-refractivity contribution in [3.8, 4) is 11.1 Å². The van der Waals surface area contributed by atoms with Crippen molar-refractivity contribution in [2.75, 3.05) is 6.61 Å². The number of hydrogen-bond donors (Lipinski definition) is 3. The summed E-state index contributed by atoms with van der Waals surface area (Å²) in [6.07, 6.45) is 1.37. The van der Waals surface area contributed by atoms with E-state index in [2.05, 4.69) is 34.9 Å². The minimum atomic E-state index is -0.941. The molecule has 0 aliphatic heterocycles. The van der Waals surface area contributed by atoms with Crippen LogP contribution < -0.4 is 10.6 Å². The third-order valence-corrected chi connectivity index (χ3v) is 6.98. The molecular weight excluding hydrogens is 420 g/mol. The maximum Gasteiger partial charge on any atom is 0.407 e. The summed E-state index contributed by atoms with van der Waals surface area (Å²) in [5.74, 6) is -2.00. The first-order valence-corrected chi connectivity index (χ1v) is 11.5. The van der Waals surface area contributed by atoms with E-state index in [-0.39, 0.29) is 30.4 Å². The molecule has 0 spiro atoms. The van der Waals surface area contributed by atoms with E-state index in [1.54, 1.807) is 13.8 Å². The molecule has 174 valence electrons. The molecule has 0 bridgehead atoms. The topological polar surface area (TPSA) is 105 Å². The highest BCUT2D eigenvalue weighted by atomic mass is 16.5. The van der Waals surface area contributed by atoms with Gasteiger partial charge in [0.1, 0.15) is 6.61 Å². The van der Waals surface area contributed by atoms with Gasteiger partial charge in [-0.15, -0.1) is 0 Å². The Kier molecular flexibility index (Phi) is 6.67. The van der Waals surface area contributed by atoms with Crippen LogP contribution in [0.25, 0.3) is 11.1 Å². The first kappa shape index (κ1) is 22.8. The quantitative estimate of drug-likeness (QED) is 0.593. The summed E-state index contributed by atoms with van der Waals surface area (Å²) in [5.41, 5.74) is 4.68. The minimum Gasteiger partial charge on any atom is -0.481 e. The average Bonchev–Trinajstić information content (AvgIpc) is 3.40. The Morgan fingerprint density at radius 1 is 1.00 bits per heavy atom. The predicted molar refractivity (Wildman–Crippen MR) is 124 cm³/mol. The van der Waals surface area contributed by atoms with Gasteiger partial charge in [-0.3, -0.25) is 9.59 Å². The fraction of sp³-hybridized carbons (Fsp3) is 0.423. The van der Waals surface area contributed by atoms with Gasteiger partial charge in [0.15, 0.2) is 0 Å². The minimum absolute atomic E-state index is 0.00275. The van der Waals surface area contributed by atoms with Crippen molar-refractivity contribution in [2.45, 2.75) is 51.1 Å². The third kappa shape index (κ3) is 4.87. The highest BCUT2D eigenvalue weighted by Crippen LogP contribution is 2.44. The Labute approximate surface area is 193 Å².